The van der Waals surface area contributed by atoms with E-state index in [1.54, 1.807) is 0 Å². The number of rotatable bonds is 8. The summed E-state index contributed by atoms with van der Waals surface area (Å²) >= 11 is 0. The Bertz CT molecular complexity index is 667. The van der Waals surface area contributed by atoms with E-state index in [-0.39, 0.29) is 0 Å². The van der Waals surface area contributed by atoms with E-state index in [1.807, 2.05) is 0 Å². The van der Waals surface area contributed by atoms with Crippen LogP contribution in [0.1, 0.15) is 13.8 Å². The first-order chi connectivity index (χ1) is 12.2. The summed E-state index contributed by atoms with van der Waals surface area (Å²) in [5.41, 5.74) is 0. The van der Waals surface area contributed by atoms with Gasteiger partial charge in [0.1, 0.15) is 24.4 Å². The first-order valence-corrected chi connectivity index (χ1v) is 13.3. The highest BCUT2D eigenvalue weighted by molar-refractivity contribution is 7.47. The van der Waals surface area contributed by atoms with E-state index in [4.69, 9.17) is 39.1 Å². The summed E-state index contributed by atoms with van der Waals surface area (Å²) in [7, 11) is -21.6. The monoisotopic (exact) mass is 496 g/mol. The van der Waals surface area contributed by atoms with Gasteiger partial charge in [-0.3, -0.25) is 18.1 Å². The quantitative estimate of drug-likeness (QED) is 0.191. The average molecular weight is 496 g/mol. The molecule has 0 spiro atoms. The summed E-state index contributed by atoms with van der Waals surface area (Å²) in [6, 6.07) is 0. The number of phosphoric acid groups is 4. The SMILES string of the molecule is C[C@H]1[C@H](C)[C@@H](OP(=O)(O)O)[C@@H](OP(=O)(O)O)[C@@H](OP(=O)(O)O)[C@@H]1OP(=O)(O)O. The molecule has 20 heteroatoms. The molecule has 168 valence electrons. The molecule has 8 N–H and O–H groups in total. The zero-order valence-electron chi connectivity index (χ0n) is 14.1. The molecule has 1 aliphatic rings. The Morgan fingerprint density at radius 1 is 0.464 bits per heavy atom. The van der Waals surface area contributed by atoms with Gasteiger partial charge in [-0.15, -0.1) is 0 Å². The Kier molecular flexibility index (Phi) is 8.41. The maximum atomic E-state index is 11.3. The van der Waals surface area contributed by atoms with Crippen molar-refractivity contribution in [1.82, 2.24) is 0 Å². The highest BCUT2D eigenvalue weighted by atomic mass is 31.2. The molecule has 0 aromatic rings. The molecule has 16 nitrogen and oxygen atoms in total. The van der Waals surface area contributed by atoms with Crippen molar-refractivity contribution >= 4 is 31.3 Å². The van der Waals surface area contributed by atoms with Gasteiger partial charge in [0.05, 0.1) is 0 Å². The molecule has 0 heterocycles. The van der Waals surface area contributed by atoms with E-state index in [0.29, 0.717) is 0 Å². The summed E-state index contributed by atoms with van der Waals surface area (Å²) in [5, 5.41) is 0. The largest absolute Gasteiger partial charge is 0.470 e. The van der Waals surface area contributed by atoms with E-state index in [0.717, 1.165) is 0 Å². The van der Waals surface area contributed by atoms with Crippen LogP contribution in [0.2, 0.25) is 0 Å². The molecule has 28 heavy (non-hydrogen) atoms. The van der Waals surface area contributed by atoms with Crippen LogP contribution < -0.4 is 0 Å². The first-order valence-electron chi connectivity index (χ1n) is 7.16. The predicted octanol–water partition coefficient (Wildman–Crippen LogP) is -0.816. The molecule has 0 saturated heterocycles. The maximum Gasteiger partial charge on any atom is 0.470 e. The molecule has 1 saturated carbocycles. The van der Waals surface area contributed by atoms with E-state index < -0.39 is 67.5 Å². The average Bonchev–Trinajstić information content (AvgIpc) is 2.39. The van der Waals surface area contributed by atoms with Crippen LogP contribution in [0.25, 0.3) is 0 Å². The fraction of sp³-hybridized carbons (Fsp3) is 1.00. The van der Waals surface area contributed by atoms with Crippen LogP contribution in [0.5, 0.6) is 0 Å². The normalized spacial score (nSPS) is 33.1. The first kappa shape index (κ1) is 26.5. The molecular formula is C8H20O16P4. The van der Waals surface area contributed by atoms with Gasteiger partial charge in [-0.25, -0.2) is 18.3 Å². The van der Waals surface area contributed by atoms with Gasteiger partial charge in [-0.1, -0.05) is 13.8 Å². The molecule has 0 amide bonds. The summed E-state index contributed by atoms with van der Waals surface area (Å²) in [6.07, 6.45) is -8.44. The molecule has 0 unspecified atom stereocenters. The summed E-state index contributed by atoms with van der Waals surface area (Å²) in [4.78, 5) is 72.5. The second kappa shape index (κ2) is 8.89. The third kappa shape index (κ3) is 8.66. The van der Waals surface area contributed by atoms with Gasteiger partial charge >= 0.3 is 31.3 Å². The van der Waals surface area contributed by atoms with Crippen LogP contribution in [0.4, 0.5) is 0 Å². The fourth-order valence-corrected chi connectivity index (χ4v) is 5.13. The summed E-state index contributed by atoms with van der Waals surface area (Å²) in [6.45, 7) is 2.43. The molecule has 0 aliphatic heterocycles. The van der Waals surface area contributed by atoms with Crippen LogP contribution in [0.15, 0.2) is 0 Å². The van der Waals surface area contributed by atoms with Crippen molar-refractivity contribution in [1.29, 1.82) is 0 Å². The lowest BCUT2D eigenvalue weighted by atomic mass is 9.74. The molecule has 0 radical (unpaired) electrons. The smallest absolute Gasteiger partial charge is 0.303 e. The van der Waals surface area contributed by atoms with Gasteiger partial charge in [0.2, 0.25) is 0 Å². The van der Waals surface area contributed by atoms with Crippen molar-refractivity contribution in [2.24, 2.45) is 11.8 Å². The number of phosphoric ester groups is 4. The van der Waals surface area contributed by atoms with E-state index in [1.165, 1.54) is 13.8 Å². The minimum Gasteiger partial charge on any atom is -0.303 e. The maximum absolute atomic E-state index is 11.3. The van der Waals surface area contributed by atoms with E-state index in [2.05, 4.69) is 18.1 Å². The van der Waals surface area contributed by atoms with Gasteiger partial charge in [0, 0.05) is 0 Å². The van der Waals surface area contributed by atoms with Gasteiger partial charge < -0.3 is 39.1 Å². The molecule has 1 fully saturated rings. The molecule has 6 atom stereocenters. The molecule has 0 aromatic heterocycles. The minimum atomic E-state index is -5.48. The van der Waals surface area contributed by atoms with Gasteiger partial charge in [0.25, 0.3) is 0 Å². The Morgan fingerprint density at radius 3 is 0.821 bits per heavy atom. The van der Waals surface area contributed by atoms with Crippen LogP contribution in [-0.2, 0) is 36.4 Å². The Balaban J connectivity index is 3.53. The van der Waals surface area contributed by atoms with Crippen LogP contribution in [-0.4, -0.2) is 63.6 Å². The van der Waals surface area contributed by atoms with Gasteiger partial charge in [0.15, 0.2) is 0 Å². The van der Waals surface area contributed by atoms with E-state index in [9.17, 15) is 18.3 Å². The Hall–Kier alpha value is 0.440. The van der Waals surface area contributed by atoms with Crippen molar-refractivity contribution in [3.63, 3.8) is 0 Å². The molecule has 1 aliphatic carbocycles. The number of hydrogen-bond donors (Lipinski definition) is 8. The second-order valence-corrected chi connectivity index (χ2v) is 10.7. The van der Waals surface area contributed by atoms with Crippen molar-refractivity contribution in [2.75, 3.05) is 0 Å². The van der Waals surface area contributed by atoms with Gasteiger partial charge in [-0.05, 0) is 11.8 Å². The molecular weight excluding hydrogens is 476 g/mol. The zero-order valence-corrected chi connectivity index (χ0v) is 17.7. The number of hydrogen-bond acceptors (Lipinski definition) is 8. The Labute approximate surface area is 157 Å². The highest BCUT2D eigenvalue weighted by Crippen LogP contribution is 2.54. The van der Waals surface area contributed by atoms with Crippen LogP contribution >= 0.6 is 31.3 Å². The summed E-state index contributed by atoms with van der Waals surface area (Å²) < 4.78 is 62.7. The topological polar surface area (TPSA) is 267 Å². The predicted molar refractivity (Wildman–Crippen MR) is 86.0 cm³/mol. The zero-order chi connectivity index (χ0) is 22.3. The van der Waals surface area contributed by atoms with Crippen molar-refractivity contribution in [3.05, 3.63) is 0 Å². The highest BCUT2D eigenvalue weighted by Gasteiger charge is 2.56. The minimum absolute atomic E-state index is 1.16. The summed E-state index contributed by atoms with van der Waals surface area (Å²) in [5.74, 6) is -2.31. The van der Waals surface area contributed by atoms with E-state index >= 15 is 0 Å². The molecule has 0 bridgehead atoms. The van der Waals surface area contributed by atoms with Crippen LogP contribution in [0.3, 0.4) is 0 Å². The lowest BCUT2D eigenvalue weighted by molar-refractivity contribution is -0.160. The van der Waals surface area contributed by atoms with Crippen molar-refractivity contribution in [2.45, 2.75) is 38.3 Å². The molecule has 0 aromatic carbocycles. The Morgan fingerprint density at radius 2 is 0.643 bits per heavy atom. The standard InChI is InChI=1S/C8H20O16P4/c1-3-4(2)6(22-26(12,13)14)8(24-28(18,19)20)7(23-27(15,16)17)5(3)21-25(9,10)11/h3-8H,1-2H3,(H2,9,10,11)(H2,12,13,14)(H2,15,16,17)(H2,18,19,20)/t3-,4-,5+,6+,7-,8+/m0/s1. The third-order valence-corrected chi connectivity index (χ3v) is 5.95. The fourth-order valence-electron chi connectivity index (χ4n) is 2.76. The lowest BCUT2D eigenvalue weighted by Crippen LogP contribution is -2.59. The van der Waals surface area contributed by atoms with Gasteiger partial charge in [-0.2, -0.15) is 0 Å². The van der Waals surface area contributed by atoms with Crippen molar-refractivity contribution < 1.29 is 75.5 Å². The molecule has 1 rings (SSSR count). The van der Waals surface area contributed by atoms with Crippen LogP contribution in [0, 0.1) is 11.8 Å². The van der Waals surface area contributed by atoms with Crippen molar-refractivity contribution in [3.8, 4) is 0 Å². The third-order valence-electron chi connectivity index (χ3n) is 3.87. The second-order valence-electron chi connectivity index (χ2n) is 5.96. The lowest BCUT2D eigenvalue weighted by Gasteiger charge is -2.47.